The van der Waals surface area contributed by atoms with E-state index in [-0.39, 0.29) is 22.9 Å². The highest BCUT2D eigenvalue weighted by atomic mass is 32.2. The number of benzene rings is 2. The Bertz CT molecular complexity index is 1170. The molecule has 0 unspecified atom stereocenters. The normalized spacial score (nSPS) is 14.7. The summed E-state index contributed by atoms with van der Waals surface area (Å²) in [7, 11) is -2.19. The lowest BCUT2D eigenvalue weighted by Crippen LogP contribution is -2.29. The van der Waals surface area contributed by atoms with Crippen LogP contribution in [0.4, 0.5) is 0 Å². The Kier molecular flexibility index (Phi) is 4.71. The zero-order valence-corrected chi connectivity index (χ0v) is 16.4. The molecular weight excluding hydrogens is 392 g/mol. The summed E-state index contributed by atoms with van der Waals surface area (Å²) >= 11 is 0. The molecule has 0 aliphatic carbocycles. The maximum atomic E-state index is 12.7. The van der Waals surface area contributed by atoms with Gasteiger partial charge in [-0.15, -0.1) is 0 Å². The molecule has 0 radical (unpaired) electrons. The summed E-state index contributed by atoms with van der Waals surface area (Å²) in [5.74, 6) is -0.0565. The molecule has 0 saturated carbocycles. The Labute approximate surface area is 168 Å². The Morgan fingerprint density at radius 2 is 1.76 bits per heavy atom. The predicted molar refractivity (Wildman–Crippen MR) is 104 cm³/mol. The molecule has 148 valence electrons. The van der Waals surface area contributed by atoms with Crippen molar-refractivity contribution in [3.63, 3.8) is 0 Å². The third-order valence-corrected chi connectivity index (χ3v) is 6.55. The molecule has 2 amide bonds. The molecule has 0 atom stereocenters. The lowest BCUT2D eigenvalue weighted by Gasteiger charge is -2.17. The van der Waals surface area contributed by atoms with E-state index in [2.05, 4.69) is 0 Å². The second kappa shape index (κ2) is 7.21. The summed E-state index contributed by atoms with van der Waals surface area (Å²) < 4.78 is 31.4. The van der Waals surface area contributed by atoms with Gasteiger partial charge in [0.1, 0.15) is 10.7 Å². The lowest BCUT2D eigenvalue weighted by atomic mass is 10.1. The molecule has 1 aliphatic rings. The molecule has 2 heterocycles. The van der Waals surface area contributed by atoms with E-state index in [1.54, 1.807) is 61.8 Å². The number of hydrogen-bond acceptors (Lipinski definition) is 5. The maximum absolute atomic E-state index is 12.7. The van der Waals surface area contributed by atoms with Crippen LogP contribution in [0.5, 0.6) is 0 Å². The second-order valence-electron chi connectivity index (χ2n) is 6.75. The molecule has 0 N–H and O–H groups in total. The second-order valence-corrected chi connectivity index (χ2v) is 8.58. The van der Waals surface area contributed by atoms with Crippen molar-refractivity contribution in [1.82, 2.24) is 9.21 Å². The van der Waals surface area contributed by atoms with Crippen LogP contribution in [0, 0.1) is 0 Å². The number of hydrogen-bond donors (Lipinski definition) is 0. The first-order valence-corrected chi connectivity index (χ1v) is 10.3. The highest BCUT2D eigenvalue weighted by molar-refractivity contribution is 7.90. The van der Waals surface area contributed by atoms with E-state index in [1.165, 1.54) is 17.0 Å². The predicted octanol–water partition coefficient (Wildman–Crippen LogP) is 2.90. The smallest absolute Gasteiger partial charge is 0.269 e. The zero-order chi connectivity index (χ0) is 20.6. The van der Waals surface area contributed by atoms with Crippen molar-refractivity contribution in [3.05, 3.63) is 89.4 Å². The maximum Gasteiger partial charge on any atom is 0.269 e. The number of rotatable bonds is 5. The van der Waals surface area contributed by atoms with Gasteiger partial charge >= 0.3 is 0 Å². The summed E-state index contributed by atoms with van der Waals surface area (Å²) in [6.45, 7) is 0.249. The Morgan fingerprint density at radius 1 is 1.03 bits per heavy atom. The van der Waals surface area contributed by atoms with Crippen LogP contribution < -0.4 is 0 Å². The standard InChI is InChI=1S/C21H18N2O5S/c1-22(14-17-5-4-12-28-17)20(24)16-10-8-15(9-11-16)13-23-21(25)18-6-2-3-7-19(18)29(23,26)27/h2-12H,13-14H2,1H3. The molecule has 29 heavy (non-hydrogen) atoms. The number of fused-ring (bicyclic) bond motifs is 1. The SMILES string of the molecule is CN(Cc1ccco1)C(=O)c1ccc(CN2C(=O)c3ccccc3S2(=O)=O)cc1. The van der Waals surface area contributed by atoms with E-state index in [1.807, 2.05) is 0 Å². The third kappa shape index (κ3) is 3.42. The van der Waals surface area contributed by atoms with Crippen molar-refractivity contribution in [2.45, 2.75) is 18.0 Å². The van der Waals surface area contributed by atoms with Crippen LogP contribution in [0.25, 0.3) is 0 Å². The molecule has 0 saturated heterocycles. The first-order chi connectivity index (χ1) is 13.9. The van der Waals surface area contributed by atoms with E-state index < -0.39 is 15.9 Å². The van der Waals surface area contributed by atoms with E-state index >= 15 is 0 Å². The largest absolute Gasteiger partial charge is 0.467 e. The van der Waals surface area contributed by atoms with Crippen molar-refractivity contribution in [2.75, 3.05) is 7.05 Å². The first kappa shape index (κ1) is 18.9. The van der Waals surface area contributed by atoms with Gasteiger partial charge in [-0.1, -0.05) is 24.3 Å². The molecular formula is C21H18N2O5S. The van der Waals surface area contributed by atoms with Crippen molar-refractivity contribution < 1.29 is 22.4 Å². The zero-order valence-electron chi connectivity index (χ0n) is 15.6. The molecule has 8 heteroatoms. The highest BCUT2D eigenvalue weighted by Gasteiger charge is 2.40. The number of sulfonamides is 1. The van der Waals surface area contributed by atoms with Gasteiger partial charge in [0.05, 0.1) is 24.9 Å². The van der Waals surface area contributed by atoms with Crippen molar-refractivity contribution >= 4 is 21.8 Å². The van der Waals surface area contributed by atoms with Crippen LogP contribution in [0.2, 0.25) is 0 Å². The van der Waals surface area contributed by atoms with Gasteiger partial charge in [0.2, 0.25) is 0 Å². The van der Waals surface area contributed by atoms with Gasteiger partial charge in [-0.3, -0.25) is 9.59 Å². The van der Waals surface area contributed by atoms with E-state index in [0.717, 1.165) is 4.31 Å². The fourth-order valence-corrected chi connectivity index (χ4v) is 4.79. The van der Waals surface area contributed by atoms with Gasteiger partial charge in [0.25, 0.3) is 21.8 Å². The van der Waals surface area contributed by atoms with E-state index in [9.17, 15) is 18.0 Å². The third-order valence-electron chi connectivity index (χ3n) is 4.76. The van der Waals surface area contributed by atoms with Gasteiger partial charge in [-0.05, 0) is 42.0 Å². The van der Waals surface area contributed by atoms with Crippen LogP contribution in [0.15, 0.2) is 76.2 Å². The first-order valence-electron chi connectivity index (χ1n) is 8.91. The van der Waals surface area contributed by atoms with Gasteiger partial charge in [0.15, 0.2) is 0 Å². The average Bonchev–Trinajstić information content (AvgIpc) is 3.30. The van der Waals surface area contributed by atoms with Crippen molar-refractivity contribution in [1.29, 1.82) is 0 Å². The van der Waals surface area contributed by atoms with Gasteiger partial charge in [-0.25, -0.2) is 12.7 Å². The molecule has 1 aromatic heterocycles. The molecule has 7 nitrogen and oxygen atoms in total. The molecule has 2 aromatic carbocycles. The Hall–Kier alpha value is -3.39. The molecule has 3 aromatic rings. The van der Waals surface area contributed by atoms with Gasteiger partial charge in [0, 0.05) is 12.6 Å². The molecule has 4 rings (SSSR count). The van der Waals surface area contributed by atoms with Crippen LogP contribution in [-0.4, -0.2) is 36.5 Å². The minimum absolute atomic E-state index is 0.0244. The summed E-state index contributed by atoms with van der Waals surface area (Å²) in [6, 6.07) is 16.3. The summed E-state index contributed by atoms with van der Waals surface area (Å²) in [5, 5.41) is 0. The summed E-state index contributed by atoms with van der Waals surface area (Å²) in [5.41, 5.74) is 1.25. The Balaban J connectivity index is 1.49. The minimum Gasteiger partial charge on any atom is -0.467 e. The fraction of sp³-hybridized carbons (Fsp3) is 0.143. The highest BCUT2D eigenvalue weighted by Crippen LogP contribution is 2.31. The molecule has 1 aliphatic heterocycles. The van der Waals surface area contributed by atoms with E-state index in [4.69, 9.17) is 4.42 Å². The van der Waals surface area contributed by atoms with Crippen molar-refractivity contribution in [3.8, 4) is 0 Å². The average molecular weight is 410 g/mol. The van der Waals surface area contributed by atoms with Crippen LogP contribution in [0.1, 0.15) is 32.0 Å². The van der Waals surface area contributed by atoms with Crippen LogP contribution in [0.3, 0.4) is 0 Å². The Morgan fingerprint density at radius 3 is 2.41 bits per heavy atom. The minimum atomic E-state index is -3.86. The number of carbonyl (C=O) groups excluding carboxylic acids is 2. The molecule has 0 bridgehead atoms. The van der Waals surface area contributed by atoms with E-state index in [0.29, 0.717) is 23.4 Å². The van der Waals surface area contributed by atoms with Gasteiger partial charge in [-0.2, -0.15) is 0 Å². The summed E-state index contributed by atoms with van der Waals surface area (Å²) in [4.78, 5) is 26.6. The summed E-state index contributed by atoms with van der Waals surface area (Å²) in [6.07, 6.45) is 1.55. The van der Waals surface area contributed by atoms with Gasteiger partial charge < -0.3 is 9.32 Å². The number of amides is 2. The monoisotopic (exact) mass is 410 g/mol. The van der Waals surface area contributed by atoms with Crippen molar-refractivity contribution in [2.24, 2.45) is 0 Å². The topological polar surface area (TPSA) is 87.9 Å². The van der Waals surface area contributed by atoms with Crippen LogP contribution in [-0.2, 0) is 23.1 Å². The fourth-order valence-electron chi connectivity index (χ4n) is 3.23. The molecule has 0 spiro atoms. The van der Waals surface area contributed by atoms with Crippen LogP contribution >= 0.6 is 0 Å². The number of furan rings is 1. The number of carbonyl (C=O) groups is 2. The quantitative estimate of drug-likeness (QED) is 0.645. The molecule has 0 fully saturated rings. The lowest BCUT2D eigenvalue weighted by molar-refractivity contribution is 0.0774. The number of nitrogens with zero attached hydrogens (tertiary/aromatic N) is 2.